The lowest BCUT2D eigenvalue weighted by Crippen LogP contribution is -2.31. The van der Waals surface area contributed by atoms with E-state index < -0.39 is 5.91 Å². The summed E-state index contributed by atoms with van der Waals surface area (Å²) in [5.41, 5.74) is 1.61. The molecule has 3 aromatic heterocycles. The second-order valence-corrected chi connectivity index (χ2v) is 7.43. The zero-order valence-corrected chi connectivity index (χ0v) is 17.1. The SMILES string of the molecule is CNc1ccn2c(=O)cc(C(=O)NC(C)c3ccc(N4CCCCC4)nn3)nc2c1. The summed E-state index contributed by atoms with van der Waals surface area (Å²) in [7, 11) is 1.78. The van der Waals surface area contributed by atoms with Crippen LogP contribution in [0.1, 0.15) is 48.4 Å². The monoisotopic (exact) mass is 407 g/mol. The highest BCUT2D eigenvalue weighted by Crippen LogP contribution is 2.18. The summed E-state index contributed by atoms with van der Waals surface area (Å²) >= 11 is 0. The van der Waals surface area contributed by atoms with Crippen molar-refractivity contribution in [3.63, 3.8) is 0 Å². The summed E-state index contributed by atoms with van der Waals surface area (Å²) in [5.74, 6) is 0.431. The van der Waals surface area contributed by atoms with E-state index in [-0.39, 0.29) is 17.3 Å². The number of anilines is 2. The second-order valence-electron chi connectivity index (χ2n) is 7.43. The van der Waals surface area contributed by atoms with Crippen molar-refractivity contribution in [3.8, 4) is 0 Å². The molecule has 2 N–H and O–H groups in total. The second kappa shape index (κ2) is 8.48. The molecule has 4 rings (SSSR count). The van der Waals surface area contributed by atoms with Crippen LogP contribution < -0.4 is 21.1 Å². The highest BCUT2D eigenvalue weighted by Gasteiger charge is 2.17. The third-order valence-electron chi connectivity index (χ3n) is 5.33. The third kappa shape index (κ3) is 4.10. The van der Waals surface area contributed by atoms with Gasteiger partial charge in [-0.15, -0.1) is 5.10 Å². The zero-order chi connectivity index (χ0) is 21.1. The molecule has 0 aromatic carbocycles. The fourth-order valence-electron chi connectivity index (χ4n) is 3.58. The van der Waals surface area contributed by atoms with Crippen LogP contribution in [0.5, 0.6) is 0 Å². The maximum atomic E-state index is 12.7. The number of hydrogen-bond donors (Lipinski definition) is 2. The number of piperidine rings is 1. The van der Waals surface area contributed by atoms with Crippen LogP contribution in [0.3, 0.4) is 0 Å². The Hall–Kier alpha value is -3.49. The minimum atomic E-state index is -0.432. The van der Waals surface area contributed by atoms with E-state index in [1.807, 2.05) is 19.1 Å². The van der Waals surface area contributed by atoms with Crippen molar-refractivity contribution >= 4 is 23.1 Å². The van der Waals surface area contributed by atoms with Crippen molar-refractivity contribution in [1.82, 2.24) is 24.9 Å². The molecule has 0 aliphatic carbocycles. The van der Waals surface area contributed by atoms with Crippen molar-refractivity contribution in [2.45, 2.75) is 32.2 Å². The van der Waals surface area contributed by atoms with Crippen LogP contribution in [0.2, 0.25) is 0 Å². The molecular weight excluding hydrogens is 382 g/mol. The van der Waals surface area contributed by atoms with Gasteiger partial charge in [0.25, 0.3) is 11.5 Å². The number of pyridine rings is 1. The molecule has 1 atom stereocenters. The van der Waals surface area contributed by atoms with Crippen LogP contribution in [0.15, 0.2) is 41.3 Å². The Morgan fingerprint density at radius 1 is 1.10 bits per heavy atom. The molecule has 1 fully saturated rings. The first kappa shape index (κ1) is 19.8. The Labute approximate surface area is 174 Å². The first-order chi connectivity index (χ1) is 14.5. The van der Waals surface area contributed by atoms with Crippen molar-refractivity contribution in [2.75, 3.05) is 30.4 Å². The quantitative estimate of drug-likeness (QED) is 0.667. The molecule has 9 heteroatoms. The topological polar surface area (TPSA) is 105 Å². The molecule has 1 aliphatic heterocycles. The predicted octanol–water partition coefficient (Wildman–Crippen LogP) is 2.01. The molecule has 1 amide bonds. The Bertz CT molecular complexity index is 1100. The number of nitrogens with zero attached hydrogens (tertiary/aromatic N) is 5. The van der Waals surface area contributed by atoms with E-state index in [2.05, 4.69) is 30.7 Å². The summed E-state index contributed by atoms with van der Waals surface area (Å²) in [6, 6.07) is 8.17. The maximum absolute atomic E-state index is 12.7. The molecule has 0 saturated carbocycles. The van der Waals surface area contributed by atoms with Gasteiger partial charge in [-0.3, -0.25) is 14.0 Å². The standard InChI is InChI=1S/C21H25N7O2/c1-14(16-6-7-18(26-25-16)27-9-4-3-5-10-27)23-21(30)17-13-20(29)28-11-8-15(22-2)12-19(28)24-17/h6-8,11-14,22H,3-5,9-10H2,1-2H3,(H,23,30). The molecule has 30 heavy (non-hydrogen) atoms. The lowest BCUT2D eigenvalue weighted by Gasteiger charge is -2.27. The maximum Gasteiger partial charge on any atom is 0.270 e. The van der Waals surface area contributed by atoms with Gasteiger partial charge >= 0.3 is 0 Å². The van der Waals surface area contributed by atoms with E-state index in [1.165, 1.54) is 29.7 Å². The number of rotatable bonds is 5. The van der Waals surface area contributed by atoms with Gasteiger partial charge in [0, 0.05) is 44.2 Å². The third-order valence-corrected chi connectivity index (χ3v) is 5.33. The normalized spacial score (nSPS) is 15.1. The van der Waals surface area contributed by atoms with E-state index in [0.29, 0.717) is 11.3 Å². The Kier molecular flexibility index (Phi) is 5.60. The van der Waals surface area contributed by atoms with Gasteiger partial charge < -0.3 is 15.5 Å². The molecule has 1 unspecified atom stereocenters. The van der Waals surface area contributed by atoms with Crippen LogP contribution in [0.4, 0.5) is 11.5 Å². The molecule has 3 aromatic rings. The summed E-state index contributed by atoms with van der Waals surface area (Å²) in [6.45, 7) is 3.83. The van der Waals surface area contributed by atoms with Gasteiger partial charge in [0.2, 0.25) is 0 Å². The Balaban J connectivity index is 1.49. The van der Waals surface area contributed by atoms with Crippen LogP contribution >= 0.6 is 0 Å². The van der Waals surface area contributed by atoms with E-state index in [0.717, 1.165) is 24.6 Å². The van der Waals surface area contributed by atoms with Crippen molar-refractivity contribution in [3.05, 3.63) is 58.3 Å². The van der Waals surface area contributed by atoms with Gasteiger partial charge in [-0.1, -0.05) is 0 Å². The van der Waals surface area contributed by atoms with Gasteiger partial charge in [-0.2, -0.15) is 5.10 Å². The van der Waals surface area contributed by atoms with E-state index in [9.17, 15) is 9.59 Å². The molecule has 9 nitrogen and oxygen atoms in total. The molecule has 0 radical (unpaired) electrons. The highest BCUT2D eigenvalue weighted by atomic mass is 16.2. The number of aromatic nitrogens is 4. The fourth-order valence-corrected chi connectivity index (χ4v) is 3.58. The summed E-state index contributed by atoms with van der Waals surface area (Å²) < 4.78 is 1.39. The number of carbonyl (C=O) groups excluding carboxylic acids is 1. The summed E-state index contributed by atoms with van der Waals surface area (Å²) in [4.78, 5) is 31.6. The van der Waals surface area contributed by atoms with Gasteiger partial charge in [-0.25, -0.2) is 4.98 Å². The number of fused-ring (bicyclic) bond motifs is 1. The van der Waals surface area contributed by atoms with Crippen molar-refractivity contribution in [2.24, 2.45) is 0 Å². The average Bonchev–Trinajstić information content (AvgIpc) is 2.79. The van der Waals surface area contributed by atoms with Gasteiger partial charge in [0.1, 0.15) is 11.3 Å². The average molecular weight is 407 g/mol. The summed E-state index contributed by atoms with van der Waals surface area (Å²) in [5, 5.41) is 14.5. The fraction of sp³-hybridized carbons (Fsp3) is 0.381. The predicted molar refractivity (Wildman–Crippen MR) is 115 cm³/mol. The Morgan fingerprint density at radius 2 is 1.90 bits per heavy atom. The number of carbonyl (C=O) groups is 1. The first-order valence-corrected chi connectivity index (χ1v) is 10.2. The molecule has 1 saturated heterocycles. The van der Waals surface area contributed by atoms with Crippen LogP contribution in [0, 0.1) is 0 Å². The lowest BCUT2D eigenvalue weighted by atomic mass is 10.1. The van der Waals surface area contributed by atoms with Crippen LogP contribution in [-0.4, -0.2) is 45.6 Å². The Morgan fingerprint density at radius 3 is 2.60 bits per heavy atom. The van der Waals surface area contributed by atoms with Crippen LogP contribution in [-0.2, 0) is 0 Å². The molecule has 0 spiro atoms. The van der Waals surface area contributed by atoms with Crippen molar-refractivity contribution < 1.29 is 4.79 Å². The van der Waals surface area contributed by atoms with Crippen LogP contribution in [0.25, 0.3) is 5.65 Å². The highest BCUT2D eigenvalue weighted by molar-refractivity contribution is 5.92. The van der Waals surface area contributed by atoms with Crippen molar-refractivity contribution in [1.29, 1.82) is 0 Å². The van der Waals surface area contributed by atoms with E-state index in [1.54, 1.807) is 25.4 Å². The largest absolute Gasteiger partial charge is 0.388 e. The van der Waals surface area contributed by atoms with Gasteiger partial charge in [-0.05, 0) is 44.4 Å². The zero-order valence-electron chi connectivity index (χ0n) is 17.1. The summed E-state index contributed by atoms with van der Waals surface area (Å²) in [6.07, 6.45) is 5.23. The molecule has 1 aliphatic rings. The number of nitrogens with one attached hydrogen (secondary N) is 2. The number of amides is 1. The molecule has 0 bridgehead atoms. The molecular formula is C21H25N7O2. The lowest BCUT2D eigenvalue weighted by molar-refractivity contribution is 0.0934. The van der Waals surface area contributed by atoms with Gasteiger partial charge in [0.05, 0.1) is 11.7 Å². The van der Waals surface area contributed by atoms with Gasteiger partial charge in [0.15, 0.2) is 5.82 Å². The molecule has 156 valence electrons. The first-order valence-electron chi connectivity index (χ1n) is 10.2. The smallest absolute Gasteiger partial charge is 0.270 e. The van der Waals surface area contributed by atoms with E-state index in [4.69, 9.17) is 0 Å². The van der Waals surface area contributed by atoms with E-state index >= 15 is 0 Å². The number of hydrogen-bond acceptors (Lipinski definition) is 7. The minimum Gasteiger partial charge on any atom is -0.388 e. The minimum absolute atomic E-state index is 0.0676. The molecule has 4 heterocycles.